The highest BCUT2D eigenvalue weighted by atomic mass is 31.1. The van der Waals surface area contributed by atoms with Gasteiger partial charge in [0.25, 0.3) is 0 Å². The molecule has 6 nitrogen and oxygen atoms in total. The van der Waals surface area contributed by atoms with E-state index in [9.17, 15) is 19.2 Å². The summed E-state index contributed by atoms with van der Waals surface area (Å²) >= 11 is 0. The molecule has 0 saturated carbocycles. The van der Waals surface area contributed by atoms with E-state index in [1.165, 1.54) is 11.6 Å². The molecule has 148 valence electrons. The number of aliphatic hydroxyl groups is 1. The lowest BCUT2D eigenvalue weighted by atomic mass is 9.84. The van der Waals surface area contributed by atoms with Gasteiger partial charge in [-0.3, -0.25) is 4.99 Å². The van der Waals surface area contributed by atoms with Crippen molar-refractivity contribution in [3.63, 3.8) is 0 Å². The van der Waals surface area contributed by atoms with E-state index in [1.54, 1.807) is 6.08 Å². The van der Waals surface area contributed by atoms with Crippen molar-refractivity contribution in [1.29, 1.82) is 0 Å². The summed E-state index contributed by atoms with van der Waals surface area (Å²) in [6.07, 6.45) is 2.80. The molecule has 1 atom stereocenters. The number of cyclic esters (lactones) is 1. The van der Waals surface area contributed by atoms with Gasteiger partial charge in [0.15, 0.2) is 6.10 Å². The van der Waals surface area contributed by atoms with Crippen LogP contribution in [-0.2, 0) is 28.9 Å². The zero-order valence-electron chi connectivity index (χ0n) is 15.7. The molecule has 0 radical (unpaired) electrons. The van der Waals surface area contributed by atoms with E-state index < -0.39 is 12.1 Å². The Bertz CT molecular complexity index is 1190. The number of aliphatic hydroxyl groups excluding tert-OH is 1. The quantitative estimate of drug-likeness (QED) is 0.554. The first-order chi connectivity index (χ1) is 14.0. The topological polar surface area (TPSA) is 92.0 Å². The zero-order valence-corrected chi connectivity index (χ0v) is 16.6. The second-order valence-corrected chi connectivity index (χ2v) is 8.23. The van der Waals surface area contributed by atoms with E-state index in [0.29, 0.717) is 34.3 Å². The highest BCUT2D eigenvalue weighted by Gasteiger charge is 2.33. The first-order valence-corrected chi connectivity index (χ1v) is 10.3. The lowest BCUT2D eigenvalue weighted by molar-refractivity contribution is -0.150. The maximum absolute atomic E-state index is 14.5. The number of nitrogens with zero attached hydrogens (tertiary/aromatic N) is 2. The minimum atomic E-state index is -1.48. The van der Waals surface area contributed by atoms with Crippen molar-refractivity contribution in [3.8, 4) is 0 Å². The molecular weight excluding hydrogens is 394 g/mol. The Morgan fingerprint density at radius 1 is 1.31 bits per heavy atom. The Hall–Kier alpha value is -2.47. The molecule has 1 unspecified atom stereocenters. The van der Waals surface area contributed by atoms with Crippen LogP contribution in [0.4, 0.5) is 4.39 Å². The van der Waals surface area contributed by atoms with Crippen LogP contribution in [0.3, 0.4) is 0 Å². The summed E-state index contributed by atoms with van der Waals surface area (Å²) in [6.45, 7) is 2.19. The normalized spacial score (nSPS) is 23.5. The SMILES string of the molecule is Cc1c(F)cc2nc3c(c4c2c1CCC4)CN=C3C=C1C(=PO)COC(=O)C1O. The first kappa shape index (κ1) is 18.6. The summed E-state index contributed by atoms with van der Waals surface area (Å²) in [6, 6.07) is 1.48. The van der Waals surface area contributed by atoms with Gasteiger partial charge < -0.3 is 14.7 Å². The Morgan fingerprint density at radius 3 is 2.90 bits per heavy atom. The Balaban J connectivity index is 1.69. The molecule has 8 heteroatoms. The van der Waals surface area contributed by atoms with Crippen LogP contribution in [0.2, 0.25) is 0 Å². The molecule has 1 aromatic carbocycles. The van der Waals surface area contributed by atoms with E-state index >= 15 is 0 Å². The van der Waals surface area contributed by atoms with Gasteiger partial charge in [0.1, 0.15) is 12.4 Å². The fourth-order valence-corrected chi connectivity index (χ4v) is 4.87. The smallest absolute Gasteiger partial charge is 0.340 e. The monoisotopic (exact) mass is 412 g/mol. The van der Waals surface area contributed by atoms with Crippen molar-refractivity contribution in [2.45, 2.75) is 38.8 Å². The van der Waals surface area contributed by atoms with E-state index in [1.807, 2.05) is 6.92 Å². The average Bonchev–Trinajstić information content (AvgIpc) is 3.12. The number of aromatic nitrogens is 1. The summed E-state index contributed by atoms with van der Waals surface area (Å²) in [5.74, 6) is -1.02. The van der Waals surface area contributed by atoms with Crippen LogP contribution >= 0.6 is 8.43 Å². The van der Waals surface area contributed by atoms with Crippen LogP contribution in [0.1, 0.15) is 34.4 Å². The van der Waals surface area contributed by atoms with Crippen LogP contribution in [0, 0.1) is 12.7 Å². The van der Waals surface area contributed by atoms with Crippen molar-refractivity contribution in [2.75, 3.05) is 6.61 Å². The molecule has 2 N–H and O–H groups in total. The van der Waals surface area contributed by atoms with E-state index in [-0.39, 0.29) is 26.4 Å². The van der Waals surface area contributed by atoms with Gasteiger partial charge in [-0.05, 0) is 49.0 Å². The van der Waals surface area contributed by atoms with Crippen molar-refractivity contribution in [1.82, 2.24) is 4.98 Å². The van der Waals surface area contributed by atoms with Gasteiger partial charge in [-0.15, -0.1) is 0 Å². The molecule has 1 fully saturated rings. The van der Waals surface area contributed by atoms with Crippen molar-refractivity contribution >= 4 is 36.3 Å². The minimum absolute atomic E-state index is 0.0767. The van der Waals surface area contributed by atoms with Gasteiger partial charge in [0.05, 0.1) is 31.9 Å². The molecule has 0 spiro atoms. The fourth-order valence-electron chi connectivity index (χ4n) is 4.44. The largest absolute Gasteiger partial charge is 0.458 e. The number of hydrogen-bond acceptors (Lipinski definition) is 6. The molecular formula is C21H18FN2O4P. The number of carbonyl (C=O) groups excluding carboxylic acids is 1. The number of allylic oxidation sites excluding steroid dienone is 1. The highest BCUT2D eigenvalue weighted by Crippen LogP contribution is 2.37. The maximum Gasteiger partial charge on any atom is 0.340 e. The molecule has 2 aromatic rings. The third-order valence-electron chi connectivity index (χ3n) is 5.94. The van der Waals surface area contributed by atoms with Gasteiger partial charge in [0.2, 0.25) is 0 Å². The molecule has 1 aromatic heterocycles. The molecule has 3 heterocycles. The lowest BCUT2D eigenvalue weighted by Crippen LogP contribution is -2.37. The van der Waals surface area contributed by atoms with E-state index in [4.69, 9.17) is 9.72 Å². The summed E-state index contributed by atoms with van der Waals surface area (Å²) in [5, 5.41) is 11.7. The number of carbonyl (C=O) groups is 1. The highest BCUT2D eigenvalue weighted by molar-refractivity contribution is 7.35. The molecule has 0 bridgehead atoms. The second kappa shape index (κ2) is 6.80. The Labute approximate surface area is 167 Å². The number of aliphatic imine (C=N–C) groups is 1. The zero-order chi connectivity index (χ0) is 20.3. The number of benzene rings is 1. The van der Waals surface area contributed by atoms with Crippen molar-refractivity contribution < 1.29 is 23.9 Å². The molecule has 1 saturated heterocycles. The molecule has 5 rings (SSSR count). The maximum atomic E-state index is 14.5. The fraction of sp³-hybridized carbons (Fsp3) is 0.333. The van der Waals surface area contributed by atoms with Gasteiger partial charge in [-0.2, -0.15) is 0 Å². The average molecular weight is 412 g/mol. The Morgan fingerprint density at radius 2 is 2.10 bits per heavy atom. The van der Waals surface area contributed by atoms with E-state index in [2.05, 4.69) is 4.99 Å². The molecule has 2 aliphatic heterocycles. The van der Waals surface area contributed by atoms with Crippen LogP contribution in [-0.4, -0.2) is 44.7 Å². The molecule has 3 aliphatic rings. The predicted octanol–water partition coefficient (Wildman–Crippen LogP) is 2.34. The number of halogens is 1. The van der Waals surface area contributed by atoms with Gasteiger partial charge in [-0.25, -0.2) is 14.2 Å². The standard InChI is InChI=1S/C21H18FN2O4P/c1-9-10-3-2-4-11-13-7-23-16(19(13)24-15(18(10)11)6-14(9)22)5-12-17(29-27)8-28-21(26)20(12)25/h5-6,20,25,27H,2-4,7-8H2,1H3. The van der Waals surface area contributed by atoms with Crippen molar-refractivity contribution in [3.05, 3.63) is 51.5 Å². The van der Waals surface area contributed by atoms with Gasteiger partial charge in [-0.1, -0.05) is 0 Å². The summed E-state index contributed by atoms with van der Waals surface area (Å²) in [7, 11) is -0.0767. The third kappa shape index (κ3) is 2.76. The number of aryl methyl sites for hydroxylation is 2. The van der Waals surface area contributed by atoms with Crippen LogP contribution < -0.4 is 0 Å². The molecule has 29 heavy (non-hydrogen) atoms. The summed E-state index contributed by atoms with van der Waals surface area (Å²) in [5.41, 5.74) is 5.97. The van der Waals surface area contributed by atoms with Gasteiger partial charge >= 0.3 is 5.97 Å². The summed E-state index contributed by atoms with van der Waals surface area (Å²) in [4.78, 5) is 30.6. The number of rotatable bonds is 1. The number of hydrogen-bond donors (Lipinski definition) is 2. The third-order valence-corrected chi connectivity index (χ3v) is 6.56. The van der Waals surface area contributed by atoms with Crippen LogP contribution in [0.5, 0.6) is 0 Å². The van der Waals surface area contributed by atoms with Gasteiger partial charge in [0, 0.05) is 27.9 Å². The van der Waals surface area contributed by atoms with E-state index in [0.717, 1.165) is 35.8 Å². The molecule has 1 aliphatic carbocycles. The van der Waals surface area contributed by atoms with Crippen LogP contribution in [0.15, 0.2) is 22.7 Å². The summed E-state index contributed by atoms with van der Waals surface area (Å²) < 4.78 is 19.3. The van der Waals surface area contributed by atoms with Crippen LogP contribution in [0.25, 0.3) is 10.9 Å². The second-order valence-electron chi connectivity index (χ2n) is 7.49. The van der Waals surface area contributed by atoms with Crippen molar-refractivity contribution in [2.24, 2.45) is 4.99 Å². The number of esters is 1. The minimum Gasteiger partial charge on any atom is -0.458 e. The predicted molar refractivity (Wildman–Crippen MR) is 108 cm³/mol. The first-order valence-electron chi connectivity index (χ1n) is 9.45. The number of pyridine rings is 1. The number of fused-ring (bicyclic) bond motifs is 2. The number of ether oxygens (including phenoxy) is 1. The molecule has 0 amide bonds. The lowest BCUT2D eigenvalue weighted by Gasteiger charge is -2.23. The Kier molecular flexibility index (Phi) is 4.35.